The second-order valence-electron chi connectivity index (χ2n) is 4.89. The zero-order chi connectivity index (χ0) is 13.8. The van der Waals surface area contributed by atoms with Crippen LogP contribution in [0.15, 0.2) is 24.3 Å². The first kappa shape index (κ1) is 14.0. The Morgan fingerprint density at radius 1 is 1.32 bits per heavy atom. The van der Waals surface area contributed by atoms with E-state index in [1.54, 1.807) is 18.4 Å². The summed E-state index contributed by atoms with van der Waals surface area (Å²) < 4.78 is 5.40. The average molecular weight is 276 g/mol. The molecule has 3 nitrogen and oxygen atoms in total. The summed E-state index contributed by atoms with van der Waals surface area (Å²) in [4.78, 5) is 5.93. The normalized spacial score (nSPS) is 11.0. The minimum atomic E-state index is 0.550. The quantitative estimate of drug-likeness (QED) is 0.909. The SMILES string of the molecule is COc1ccccc1-c1nc(CC(C)C)c(CN)s1. The molecule has 0 aliphatic heterocycles. The number of nitrogens with two attached hydrogens (primary N) is 1. The molecule has 0 amide bonds. The molecule has 0 bridgehead atoms. The molecule has 0 aliphatic rings. The van der Waals surface area contributed by atoms with Crippen molar-refractivity contribution in [1.82, 2.24) is 4.98 Å². The predicted molar refractivity (Wildman–Crippen MR) is 80.5 cm³/mol. The van der Waals surface area contributed by atoms with Crippen LogP contribution in [0.25, 0.3) is 10.6 Å². The van der Waals surface area contributed by atoms with Crippen LogP contribution in [0.5, 0.6) is 5.75 Å². The zero-order valence-corrected chi connectivity index (χ0v) is 12.5. The fraction of sp³-hybridized carbons (Fsp3) is 0.400. The molecule has 102 valence electrons. The minimum Gasteiger partial charge on any atom is -0.496 e. The molecule has 0 saturated heterocycles. The van der Waals surface area contributed by atoms with Crippen LogP contribution in [-0.4, -0.2) is 12.1 Å². The van der Waals surface area contributed by atoms with E-state index in [1.165, 1.54) is 4.88 Å². The molecular weight excluding hydrogens is 256 g/mol. The number of aromatic nitrogens is 1. The van der Waals surface area contributed by atoms with Crippen molar-refractivity contribution in [2.24, 2.45) is 11.7 Å². The molecule has 1 aromatic carbocycles. The number of hydrogen-bond donors (Lipinski definition) is 1. The number of hydrogen-bond acceptors (Lipinski definition) is 4. The Labute approximate surface area is 118 Å². The average Bonchev–Trinajstić information content (AvgIpc) is 2.80. The third kappa shape index (κ3) is 3.14. The highest BCUT2D eigenvalue weighted by atomic mass is 32.1. The first-order chi connectivity index (χ1) is 9.15. The number of benzene rings is 1. The summed E-state index contributed by atoms with van der Waals surface area (Å²) in [6, 6.07) is 7.97. The van der Waals surface area contributed by atoms with Gasteiger partial charge in [0.2, 0.25) is 0 Å². The van der Waals surface area contributed by atoms with Crippen LogP contribution in [0.3, 0.4) is 0 Å². The van der Waals surface area contributed by atoms with E-state index in [0.29, 0.717) is 12.5 Å². The highest BCUT2D eigenvalue weighted by Crippen LogP contribution is 2.34. The molecule has 1 heterocycles. The van der Waals surface area contributed by atoms with Gasteiger partial charge in [-0.15, -0.1) is 11.3 Å². The van der Waals surface area contributed by atoms with Crippen molar-refractivity contribution in [3.63, 3.8) is 0 Å². The third-order valence-corrected chi connectivity index (χ3v) is 4.06. The molecular formula is C15H20N2OS. The highest BCUT2D eigenvalue weighted by molar-refractivity contribution is 7.15. The molecule has 0 atom stereocenters. The first-order valence-corrected chi connectivity index (χ1v) is 7.29. The monoisotopic (exact) mass is 276 g/mol. The number of methoxy groups -OCH3 is 1. The first-order valence-electron chi connectivity index (χ1n) is 6.47. The topological polar surface area (TPSA) is 48.1 Å². The molecule has 4 heteroatoms. The van der Waals surface area contributed by atoms with Gasteiger partial charge < -0.3 is 10.5 Å². The Bertz CT molecular complexity index is 549. The van der Waals surface area contributed by atoms with Gasteiger partial charge in [0.05, 0.1) is 18.4 Å². The van der Waals surface area contributed by atoms with Crippen molar-refractivity contribution in [1.29, 1.82) is 0 Å². The number of thiazole rings is 1. The molecule has 0 aliphatic carbocycles. The predicted octanol–water partition coefficient (Wildman–Crippen LogP) is 3.48. The van der Waals surface area contributed by atoms with E-state index >= 15 is 0 Å². The van der Waals surface area contributed by atoms with Crippen molar-refractivity contribution < 1.29 is 4.74 Å². The third-order valence-electron chi connectivity index (χ3n) is 2.90. The Morgan fingerprint density at radius 2 is 2.05 bits per heavy atom. The van der Waals surface area contributed by atoms with Gasteiger partial charge in [-0.25, -0.2) is 4.98 Å². The van der Waals surface area contributed by atoms with Crippen molar-refractivity contribution in [2.75, 3.05) is 7.11 Å². The molecule has 1 aromatic heterocycles. The summed E-state index contributed by atoms with van der Waals surface area (Å²) in [7, 11) is 1.69. The largest absolute Gasteiger partial charge is 0.496 e. The maximum atomic E-state index is 5.83. The van der Waals surface area contributed by atoms with Gasteiger partial charge in [0, 0.05) is 11.4 Å². The van der Waals surface area contributed by atoms with E-state index in [4.69, 9.17) is 15.5 Å². The number of rotatable bonds is 5. The Morgan fingerprint density at radius 3 is 2.68 bits per heavy atom. The highest BCUT2D eigenvalue weighted by Gasteiger charge is 2.15. The second-order valence-corrected chi connectivity index (χ2v) is 5.97. The molecule has 0 spiro atoms. The number of ether oxygens (including phenoxy) is 1. The summed E-state index contributed by atoms with van der Waals surface area (Å²) in [6.07, 6.45) is 0.970. The summed E-state index contributed by atoms with van der Waals surface area (Å²) in [5, 5.41) is 0.994. The van der Waals surface area contributed by atoms with Crippen LogP contribution in [0.1, 0.15) is 24.4 Å². The van der Waals surface area contributed by atoms with Gasteiger partial charge in [-0.1, -0.05) is 26.0 Å². The molecule has 2 N–H and O–H groups in total. The van der Waals surface area contributed by atoms with E-state index in [0.717, 1.165) is 28.4 Å². The van der Waals surface area contributed by atoms with E-state index < -0.39 is 0 Å². The summed E-state index contributed by atoms with van der Waals surface area (Å²) in [6.45, 7) is 4.94. The van der Waals surface area contributed by atoms with Crippen LogP contribution in [0.4, 0.5) is 0 Å². The summed E-state index contributed by atoms with van der Waals surface area (Å²) in [5.74, 6) is 1.44. The van der Waals surface area contributed by atoms with Crippen LogP contribution < -0.4 is 10.5 Å². The lowest BCUT2D eigenvalue weighted by Crippen LogP contribution is -2.02. The van der Waals surface area contributed by atoms with Crippen molar-refractivity contribution in [3.05, 3.63) is 34.8 Å². The van der Waals surface area contributed by atoms with Gasteiger partial charge in [-0.2, -0.15) is 0 Å². The second kappa shape index (κ2) is 6.17. The number of para-hydroxylation sites is 1. The Balaban J connectivity index is 2.42. The van der Waals surface area contributed by atoms with E-state index in [1.807, 2.05) is 24.3 Å². The maximum absolute atomic E-state index is 5.83. The fourth-order valence-electron chi connectivity index (χ4n) is 2.03. The lowest BCUT2D eigenvalue weighted by Gasteiger charge is -2.04. The van der Waals surface area contributed by atoms with Crippen LogP contribution in [0, 0.1) is 5.92 Å². The van der Waals surface area contributed by atoms with Crippen molar-refractivity contribution >= 4 is 11.3 Å². The zero-order valence-electron chi connectivity index (χ0n) is 11.6. The molecule has 0 fully saturated rings. The summed E-state index contributed by atoms with van der Waals surface area (Å²) in [5.41, 5.74) is 8.00. The maximum Gasteiger partial charge on any atom is 0.129 e. The van der Waals surface area contributed by atoms with E-state index in [2.05, 4.69) is 13.8 Å². The molecule has 2 rings (SSSR count). The van der Waals surface area contributed by atoms with Crippen molar-refractivity contribution in [2.45, 2.75) is 26.8 Å². The molecule has 19 heavy (non-hydrogen) atoms. The van der Waals surface area contributed by atoms with Gasteiger partial charge >= 0.3 is 0 Å². The molecule has 0 saturated carbocycles. The lowest BCUT2D eigenvalue weighted by atomic mass is 10.1. The summed E-state index contributed by atoms with van der Waals surface area (Å²) >= 11 is 1.67. The van der Waals surface area contributed by atoms with Crippen molar-refractivity contribution in [3.8, 4) is 16.3 Å². The van der Waals surface area contributed by atoms with Crippen LogP contribution >= 0.6 is 11.3 Å². The Kier molecular flexibility index (Phi) is 4.56. The minimum absolute atomic E-state index is 0.550. The van der Waals surface area contributed by atoms with E-state index in [-0.39, 0.29) is 0 Å². The molecule has 0 unspecified atom stereocenters. The van der Waals surface area contributed by atoms with Gasteiger partial charge in [0.15, 0.2) is 0 Å². The Hall–Kier alpha value is -1.39. The van der Waals surface area contributed by atoms with Gasteiger partial charge in [-0.3, -0.25) is 0 Å². The molecule has 0 radical (unpaired) electrons. The fourth-order valence-corrected chi connectivity index (χ4v) is 3.02. The smallest absolute Gasteiger partial charge is 0.129 e. The van der Waals surface area contributed by atoms with Gasteiger partial charge in [0.1, 0.15) is 10.8 Å². The number of nitrogens with zero attached hydrogens (tertiary/aromatic N) is 1. The van der Waals surface area contributed by atoms with Gasteiger partial charge in [-0.05, 0) is 24.5 Å². The van der Waals surface area contributed by atoms with E-state index in [9.17, 15) is 0 Å². The van der Waals surface area contributed by atoms with Crippen LogP contribution in [0.2, 0.25) is 0 Å². The standard InChI is InChI=1S/C15H20N2OS/c1-10(2)8-12-14(9-16)19-15(17-12)11-6-4-5-7-13(11)18-3/h4-7,10H,8-9,16H2,1-3H3. The van der Waals surface area contributed by atoms with Crippen LogP contribution in [-0.2, 0) is 13.0 Å². The molecule has 2 aromatic rings. The van der Waals surface area contributed by atoms with Gasteiger partial charge in [0.25, 0.3) is 0 Å². The lowest BCUT2D eigenvalue weighted by molar-refractivity contribution is 0.416.